The van der Waals surface area contributed by atoms with Crippen LogP contribution in [0.2, 0.25) is 6.04 Å². The van der Waals surface area contributed by atoms with Gasteiger partial charge in [0, 0.05) is 17.5 Å². The Bertz CT molecular complexity index is 99.2. The topological polar surface area (TPSA) is 18.5 Å². The number of hydrogen-bond donors (Lipinski definition) is 0. The van der Waals surface area contributed by atoms with Crippen LogP contribution < -0.4 is 0 Å². The highest BCUT2D eigenvalue weighted by atomic mass is 79.9. The quantitative estimate of drug-likeness (QED) is 0.536. The van der Waals surface area contributed by atoms with E-state index in [0.717, 1.165) is 11.4 Å². The minimum Gasteiger partial charge on any atom is -0.394 e. The number of rotatable bonds is 6. The summed E-state index contributed by atoms with van der Waals surface area (Å²) in [6.45, 7) is 8.21. The fraction of sp³-hybridized carbons (Fsp3) is 1.00. The van der Waals surface area contributed by atoms with Crippen molar-refractivity contribution >= 4 is 25.2 Å². The summed E-state index contributed by atoms with van der Waals surface area (Å²) in [6, 6.07) is 1.04. The second-order valence-electron chi connectivity index (χ2n) is 3.28. The molecule has 0 rings (SSSR count). The molecule has 74 valence electrons. The van der Waals surface area contributed by atoms with Crippen molar-refractivity contribution in [3.63, 3.8) is 0 Å². The summed E-state index contributed by atoms with van der Waals surface area (Å²) < 4.78 is 11.4. The summed E-state index contributed by atoms with van der Waals surface area (Å²) in [6.07, 6.45) is 0.582. The molecule has 12 heavy (non-hydrogen) atoms. The van der Waals surface area contributed by atoms with Crippen LogP contribution in [-0.2, 0) is 8.85 Å². The third-order valence-corrected chi connectivity index (χ3v) is 4.95. The molecule has 0 aromatic rings. The number of halogens is 1. The van der Waals surface area contributed by atoms with E-state index in [2.05, 4.69) is 43.6 Å². The number of hydrogen-bond acceptors (Lipinski definition) is 2. The van der Waals surface area contributed by atoms with Gasteiger partial charge in [0.15, 0.2) is 0 Å². The van der Waals surface area contributed by atoms with Gasteiger partial charge in [-0.1, -0.05) is 15.9 Å². The molecule has 0 aliphatic carbocycles. The molecule has 0 saturated heterocycles. The van der Waals surface area contributed by atoms with Crippen LogP contribution in [0.15, 0.2) is 0 Å². The van der Waals surface area contributed by atoms with Gasteiger partial charge in [0.2, 0.25) is 0 Å². The molecule has 0 radical (unpaired) electrons. The fourth-order valence-corrected chi connectivity index (χ4v) is 3.71. The zero-order valence-electron chi connectivity index (χ0n) is 8.34. The van der Waals surface area contributed by atoms with Gasteiger partial charge in [-0.25, -0.2) is 0 Å². The van der Waals surface area contributed by atoms with Crippen LogP contribution in [0, 0.1) is 0 Å². The van der Waals surface area contributed by atoms with Crippen LogP contribution in [-0.4, -0.2) is 26.8 Å². The van der Waals surface area contributed by atoms with Crippen LogP contribution >= 0.6 is 15.9 Å². The molecular weight excluding hydrogens is 236 g/mol. The van der Waals surface area contributed by atoms with Crippen LogP contribution in [0.25, 0.3) is 0 Å². The van der Waals surface area contributed by atoms with E-state index in [1.54, 1.807) is 0 Å². The number of alkyl halides is 1. The average molecular weight is 255 g/mol. The Balaban J connectivity index is 3.69. The van der Waals surface area contributed by atoms with E-state index in [1.807, 2.05) is 0 Å². The normalized spacial score (nSPS) is 12.0. The smallest absolute Gasteiger partial charge is 0.322 e. The van der Waals surface area contributed by atoms with Gasteiger partial charge in [-0.2, -0.15) is 0 Å². The minimum absolute atomic E-state index is 0.291. The highest BCUT2D eigenvalue weighted by molar-refractivity contribution is 9.09. The summed E-state index contributed by atoms with van der Waals surface area (Å²) in [4.78, 5) is 0. The van der Waals surface area contributed by atoms with Crippen molar-refractivity contribution in [2.24, 2.45) is 0 Å². The molecule has 0 aromatic carbocycles. The first-order valence-corrected chi connectivity index (χ1v) is 7.31. The Hall–Kier alpha value is 0.617. The second kappa shape index (κ2) is 7.06. The molecule has 0 atom stereocenters. The summed E-state index contributed by atoms with van der Waals surface area (Å²) in [5, 5.41) is 0.976. The first-order valence-electron chi connectivity index (χ1n) is 4.43. The highest BCUT2D eigenvalue weighted by Crippen LogP contribution is 2.06. The fourth-order valence-electron chi connectivity index (χ4n) is 0.864. The standard InChI is InChI=1S/C8H19BrO2Si/c1-7(2)10-12(6-5-9)11-8(3)4/h7-8,12H,5-6H2,1-4H3. The monoisotopic (exact) mass is 254 g/mol. The predicted molar refractivity (Wildman–Crippen MR) is 58.2 cm³/mol. The molecule has 0 amide bonds. The second-order valence-corrected chi connectivity index (χ2v) is 6.05. The summed E-state index contributed by atoms with van der Waals surface area (Å²) in [5.74, 6) is 0. The van der Waals surface area contributed by atoms with Gasteiger partial charge in [0.05, 0.1) is 0 Å². The van der Waals surface area contributed by atoms with Crippen molar-refractivity contribution in [2.45, 2.75) is 45.9 Å². The maximum atomic E-state index is 5.69. The van der Waals surface area contributed by atoms with Crippen molar-refractivity contribution in [1.29, 1.82) is 0 Å². The van der Waals surface area contributed by atoms with E-state index < -0.39 is 9.28 Å². The molecule has 0 spiro atoms. The van der Waals surface area contributed by atoms with Crippen LogP contribution in [0.1, 0.15) is 27.7 Å². The SMILES string of the molecule is CC(C)O[SiH](CCBr)OC(C)C. The lowest BCUT2D eigenvalue weighted by Crippen LogP contribution is -2.29. The van der Waals surface area contributed by atoms with Crippen molar-refractivity contribution in [1.82, 2.24) is 0 Å². The van der Waals surface area contributed by atoms with Gasteiger partial charge in [-0.15, -0.1) is 0 Å². The molecule has 4 heteroatoms. The zero-order valence-corrected chi connectivity index (χ0v) is 11.1. The van der Waals surface area contributed by atoms with E-state index >= 15 is 0 Å². The third kappa shape index (κ3) is 7.28. The summed E-state index contributed by atoms with van der Waals surface area (Å²) in [7, 11) is -1.40. The van der Waals surface area contributed by atoms with E-state index in [1.165, 1.54) is 0 Å². The van der Waals surface area contributed by atoms with Crippen LogP contribution in [0.4, 0.5) is 0 Å². The lowest BCUT2D eigenvalue weighted by Gasteiger charge is -2.20. The average Bonchev–Trinajstić information content (AvgIpc) is 1.84. The molecule has 0 bridgehead atoms. The lowest BCUT2D eigenvalue weighted by molar-refractivity contribution is 0.131. The largest absolute Gasteiger partial charge is 0.394 e. The van der Waals surface area contributed by atoms with E-state index in [9.17, 15) is 0 Å². The molecule has 0 N–H and O–H groups in total. The molecule has 2 nitrogen and oxygen atoms in total. The molecule has 0 unspecified atom stereocenters. The van der Waals surface area contributed by atoms with Gasteiger partial charge >= 0.3 is 9.28 Å². The third-order valence-electron chi connectivity index (χ3n) is 1.19. The predicted octanol–water partition coefficient (Wildman–Crippen LogP) is 2.45. The van der Waals surface area contributed by atoms with Gasteiger partial charge in [-0.3, -0.25) is 0 Å². The van der Waals surface area contributed by atoms with E-state index in [0.29, 0.717) is 12.2 Å². The Morgan fingerprint density at radius 3 is 1.75 bits per heavy atom. The molecule has 0 aliphatic rings. The van der Waals surface area contributed by atoms with Crippen LogP contribution in [0.3, 0.4) is 0 Å². The molecule has 0 heterocycles. The highest BCUT2D eigenvalue weighted by Gasteiger charge is 2.15. The van der Waals surface area contributed by atoms with Gasteiger partial charge in [0.1, 0.15) is 0 Å². The van der Waals surface area contributed by atoms with E-state index in [4.69, 9.17) is 8.85 Å². The summed E-state index contributed by atoms with van der Waals surface area (Å²) >= 11 is 3.40. The van der Waals surface area contributed by atoms with E-state index in [-0.39, 0.29) is 0 Å². The Morgan fingerprint density at radius 1 is 1.08 bits per heavy atom. The van der Waals surface area contributed by atoms with Gasteiger partial charge in [-0.05, 0) is 33.7 Å². The Kier molecular flexibility index (Phi) is 7.43. The Labute approximate surface area is 85.6 Å². The zero-order chi connectivity index (χ0) is 9.56. The maximum Gasteiger partial charge on any atom is 0.322 e. The first-order chi connectivity index (χ1) is 5.56. The van der Waals surface area contributed by atoms with Crippen molar-refractivity contribution in [2.75, 3.05) is 5.33 Å². The minimum atomic E-state index is -1.40. The van der Waals surface area contributed by atoms with Gasteiger partial charge < -0.3 is 8.85 Å². The van der Waals surface area contributed by atoms with Crippen LogP contribution in [0.5, 0.6) is 0 Å². The Morgan fingerprint density at radius 2 is 1.50 bits per heavy atom. The van der Waals surface area contributed by atoms with Crippen molar-refractivity contribution < 1.29 is 8.85 Å². The van der Waals surface area contributed by atoms with Crippen molar-refractivity contribution in [3.8, 4) is 0 Å². The molecule has 0 aromatic heterocycles. The summed E-state index contributed by atoms with van der Waals surface area (Å²) in [5.41, 5.74) is 0. The first kappa shape index (κ1) is 12.6. The maximum absolute atomic E-state index is 5.69. The van der Waals surface area contributed by atoms with Crippen molar-refractivity contribution in [3.05, 3.63) is 0 Å². The molecule has 0 aliphatic heterocycles. The molecular formula is C8H19BrO2Si. The lowest BCUT2D eigenvalue weighted by atomic mass is 10.5. The molecule has 0 saturated carbocycles. The van der Waals surface area contributed by atoms with Gasteiger partial charge in [0.25, 0.3) is 0 Å². The molecule has 0 fully saturated rings.